The minimum atomic E-state index is -0.391. The van der Waals surface area contributed by atoms with Gasteiger partial charge in [0, 0.05) is 12.4 Å². The van der Waals surface area contributed by atoms with Crippen LogP contribution in [0.3, 0.4) is 0 Å². The molecule has 1 aliphatic rings. The molecule has 2 rings (SSSR count). The van der Waals surface area contributed by atoms with E-state index in [1.165, 1.54) is 11.3 Å². The van der Waals surface area contributed by atoms with Crippen LogP contribution in [0.5, 0.6) is 0 Å². The van der Waals surface area contributed by atoms with Crippen LogP contribution in [-0.2, 0) is 0 Å². The van der Waals surface area contributed by atoms with Crippen LogP contribution in [0, 0.1) is 6.92 Å². The first-order valence-electron chi connectivity index (χ1n) is 5.97. The van der Waals surface area contributed by atoms with E-state index in [2.05, 4.69) is 4.98 Å². The van der Waals surface area contributed by atoms with Gasteiger partial charge in [-0.2, -0.15) is 0 Å². The number of thiazole rings is 1. The molecular weight excluding hydrogens is 236 g/mol. The summed E-state index contributed by atoms with van der Waals surface area (Å²) in [6, 6.07) is -0.0572. The number of aromatic nitrogens is 1. The van der Waals surface area contributed by atoms with Gasteiger partial charge < -0.3 is 10.0 Å². The summed E-state index contributed by atoms with van der Waals surface area (Å²) in [5.41, 5.74) is 0.493. The minimum absolute atomic E-state index is 0.0572. The van der Waals surface area contributed by atoms with E-state index < -0.39 is 6.10 Å². The molecule has 1 fully saturated rings. The Balaban J connectivity index is 2.08. The molecule has 1 saturated carbocycles. The number of aryl methyl sites for hydroxylation is 1. The highest BCUT2D eigenvalue weighted by Crippen LogP contribution is 2.23. The molecule has 0 spiro atoms. The zero-order chi connectivity index (χ0) is 12.4. The third-order valence-corrected chi connectivity index (χ3v) is 4.12. The number of hydrogen-bond donors (Lipinski definition) is 1. The van der Waals surface area contributed by atoms with Crippen molar-refractivity contribution in [3.05, 3.63) is 16.1 Å². The lowest BCUT2D eigenvalue weighted by Gasteiger charge is -2.34. The quantitative estimate of drug-likeness (QED) is 0.876. The van der Waals surface area contributed by atoms with Crippen LogP contribution in [0.25, 0.3) is 0 Å². The lowest BCUT2D eigenvalue weighted by atomic mass is 9.91. The van der Waals surface area contributed by atoms with E-state index in [0.29, 0.717) is 5.69 Å². The number of nitrogens with zero attached hydrogens (tertiary/aromatic N) is 2. The van der Waals surface area contributed by atoms with Crippen molar-refractivity contribution in [2.75, 3.05) is 7.05 Å². The molecule has 17 heavy (non-hydrogen) atoms. The van der Waals surface area contributed by atoms with Gasteiger partial charge in [0.15, 0.2) is 0 Å². The Bertz CT molecular complexity index is 405. The molecule has 0 aliphatic heterocycles. The van der Waals surface area contributed by atoms with Crippen molar-refractivity contribution in [1.82, 2.24) is 9.88 Å². The van der Waals surface area contributed by atoms with Gasteiger partial charge in [0.05, 0.1) is 17.2 Å². The first-order valence-corrected chi connectivity index (χ1v) is 6.85. The van der Waals surface area contributed by atoms with Crippen LogP contribution in [0.2, 0.25) is 0 Å². The van der Waals surface area contributed by atoms with Crippen molar-refractivity contribution >= 4 is 17.2 Å². The predicted molar refractivity (Wildman–Crippen MR) is 67.2 cm³/mol. The Hall–Kier alpha value is -0.940. The molecule has 1 aromatic rings. The maximum absolute atomic E-state index is 12.2. The molecule has 1 aliphatic carbocycles. The van der Waals surface area contributed by atoms with Gasteiger partial charge in [-0.05, 0) is 19.8 Å². The second kappa shape index (κ2) is 5.14. The summed E-state index contributed by atoms with van der Waals surface area (Å²) in [4.78, 5) is 18.0. The largest absolute Gasteiger partial charge is 0.391 e. The zero-order valence-electron chi connectivity index (χ0n) is 10.2. The maximum atomic E-state index is 12.2. The highest BCUT2D eigenvalue weighted by Gasteiger charge is 2.30. The number of rotatable bonds is 2. The molecular formula is C12H18N2O2S. The van der Waals surface area contributed by atoms with Crippen molar-refractivity contribution in [2.24, 2.45) is 0 Å². The van der Waals surface area contributed by atoms with Gasteiger partial charge in [-0.25, -0.2) is 4.98 Å². The van der Waals surface area contributed by atoms with Crippen LogP contribution in [0.1, 0.15) is 41.2 Å². The van der Waals surface area contributed by atoms with Crippen molar-refractivity contribution in [3.63, 3.8) is 0 Å². The van der Waals surface area contributed by atoms with Crippen molar-refractivity contribution in [1.29, 1.82) is 0 Å². The number of hydrogen-bond acceptors (Lipinski definition) is 4. The average molecular weight is 254 g/mol. The zero-order valence-corrected chi connectivity index (χ0v) is 11.0. The van der Waals surface area contributed by atoms with Crippen molar-refractivity contribution < 1.29 is 9.90 Å². The molecule has 0 aromatic carbocycles. The second-order valence-corrected chi connectivity index (χ2v) is 5.65. The van der Waals surface area contributed by atoms with Crippen LogP contribution >= 0.6 is 11.3 Å². The highest BCUT2D eigenvalue weighted by atomic mass is 32.1. The van der Waals surface area contributed by atoms with Crippen molar-refractivity contribution in [2.45, 2.75) is 44.8 Å². The summed E-state index contributed by atoms with van der Waals surface area (Å²) in [5, 5.41) is 12.6. The number of likely N-dealkylation sites (N-methyl/N-ethyl adjacent to an activating group) is 1. The number of carbonyl (C=O) groups excluding carboxylic acids is 1. The van der Waals surface area contributed by atoms with Crippen LogP contribution in [0.15, 0.2) is 5.38 Å². The molecule has 2 unspecified atom stereocenters. The van der Waals surface area contributed by atoms with E-state index >= 15 is 0 Å². The van der Waals surface area contributed by atoms with Crippen molar-refractivity contribution in [3.8, 4) is 0 Å². The molecule has 0 bridgehead atoms. The SMILES string of the molecule is Cc1nc(C(=O)N(C)C2CCCCC2O)cs1. The molecule has 4 nitrogen and oxygen atoms in total. The number of carbonyl (C=O) groups is 1. The van der Waals surface area contributed by atoms with E-state index in [1.54, 1.807) is 17.3 Å². The van der Waals surface area contributed by atoms with Crippen LogP contribution in [0.4, 0.5) is 0 Å². The molecule has 1 amide bonds. The predicted octanol–water partition coefficient (Wildman–Crippen LogP) is 1.83. The number of aliphatic hydroxyl groups excluding tert-OH is 1. The first kappa shape index (κ1) is 12.5. The smallest absolute Gasteiger partial charge is 0.273 e. The standard InChI is InChI=1S/C12H18N2O2S/c1-8-13-9(7-17-8)12(16)14(2)10-5-3-4-6-11(10)15/h7,10-11,15H,3-6H2,1-2H3. The van der Waals surface area contributed by atoms with Crippen LogP contribution in [-0.4, -0.2) is 40.1 Å². The fourth-order valence-electron chi connectivity index (χ4n) is 2.34. The van der Waals surface area contributed by atoms with E-state index in [0.717, 1.165) is 30.7 Å². The van der Waals surface area contributed by atoms with E-state index in [1.807, 2.05) is 6.92 Å². The number of amides is 1. The lowest BCUT2D eigenvalue weighted by molar-refractivity contribution is 0.0265. The Labute approximate surface area is 105 Å². The molecule has 5 heteroatoms. The van der Waals surface area contributed by atoms with Gasteiger partial charge in [0.1, 0.15) is 5.69 Å². The molecule has 1 heterocycles. The van der Waals surface area contributed by atoms with Gasteiger partial charge in [-0.1, -0.05) is 12.8 Å². The van der Waals surface area contributed by atoms with Crippen LogP contribution < -0.4 is 0 Å². The molecule has 0 radical (unpaired) electrons. The maximum Gasteiger partial charge on any atom is 0.273 e. The first-order chi connectivity index (χ1) is 8.09. The Morgan fingerprint density at radius 1 is 1.53 bits per heavy atom. The Morgan fingerprint density at radius 2 is 2.24 bits per heavy atom. The monoisotopic (exact) mass is 254 g/mol. The number of aliphatic hydroxyl groups is 1. The topological polar surface area (TPSA) is 53.4 Å². The highest BCUT2D eigenvalue weighted by molar-refractivity contribution is 7.09. The third-order valence-electron chi connectivity index (χ3n) is 3.35. The molecule has 94 valence electrons. The van der Waals surface area contributed by atoms with Gasteiger partial charge >= 0.3 is 0 Å². The summed E-state index contributed by atoms with van der Waals surface area (Å²) in [6.45, 7) is 1.89. The van der Waals surface area contributed by atoms with E-state index in [9.17, 15) is 9.90 Å². The minimum Gasteiger partial charge on any atom is -0.391 e. The summed E-state index contributed by atoms with van der Waals surface area (Å²) in [7, 11) is 1.76. The summed E-state index contributed by atoms with van der Waals surface area (Å²) < 4.78 is 0. The molecule has 0 saturated heterocycles. The molecule has 1 aromatic heterocycles. The molecule has 1 N–H and O–H groups in total. The fraction of sp³-hybridized carbons (Fsp3) is 0.667. The lowest BCUT2D eigenvalue weighted by Crippen LogP contribution is -2.46. The summed E-state index contributed by atoms with van der Waals surface area (Å²) in [5.74, 6) is -0.0831. The summed E-state index contributed by atoms with van der Waals surface area (Å²) >= 11 is 1.48. The van der Waals surface area contributed by atoms with Gasteiger partial charge in [0.2, 0.25) is 0 Å². The fourth-order valence-corrected chi connectivity index (χ4v) is 2.92. The second-order valence-electron chi connectivity index (χ2n) is 4.59. The Kier molecular flexibility index (Phi) is 3.79. The van der Waals surface area contributed by atoms with E-state index in [-0.39, 0.29) is 11.9 Å². The third kappa shape index (κ3) is 2.66. The normalized spacial score (nSPS) is 24.6. The molecule has 2 atom stereocenters. The summed E-state index contributed by atoms with van der Waals surface area (Å²) in [6.07, 6.45) is 3.41. The van der Waals surface area contributed by atoms with Gasteiger partial charge in [-0.3, -0.25) is 4.79 Å². The van der Waals surface area contributed by atoms with Gasteiger partial charge in [0.25, 0.3) is 5.91 Å². The van der Waals surface area contributed by atoms with E-state index in [4.69, 9.17) is 0 Å². The van der Waals surface area contributed by atoms with Gasteiger partial charge in [-0.15, -0.1) is 11.3 Å². The average Bonchev–Trinajstić information content (AvgIpc) is 2.75. The Morgan fingerprint density at radius 3 is 2.82 bits per heavy atom.